The first-order chi connectivity index (χ1) is 14.0. The molecule has 152 valence electrons. The summed E-state index contributed by atoms with van der Waals surface area (Å²) in [6.45, 7) is 6.43. The Kier molecular flexibility index (Phi) is 4.27. The number of carbonyl (C=O) groups is 1. The summed E-state index contributed by atoms with van der Waals surface area (Å²) in [7, 11) is 1.77. The lowest BCUT2D eigenvalue weighted by molar-refractivity contribution is -0.119. The molecule has 3 aliphatic heterocycles. The molecule has 1 atom stereocenters. The van der Waals surface area contributed by atoms with Crippen molar-refractivity contribution in [2.75, 3.05) is 45.1 Å². The van der Waals surface area contributed by atoms with Gasteiger partial charge in [-0.1, -0.05) is 11.3 Å². The maximum absolute atomic E-state index is 14.4. The monoisotopic (exact) mass is 397 g/mol. The lowest BCUT2D eigenvalue weighted by atomic mass is 10.1. The Morgan fingerprint density at radius 3 is 2.83 bits per heavy atom. The lowest BCUT2D eigenvalue weighted by Gasteiger charge is -2.38. The van der Waals surface area contributed by atoms with Crippen LogP contribution in [0.1, 0.15) is 18.5 Å². The summed E-state index contributed by atoms with van der Waals surface area (Å²) in [5, 5.41) is 11.4. The summed E-state index contributed by atoms with van der Waals surface area (Å²) in [5.41, 5.74) is 4.21. The molecule has 29 heavy (non-hydrogen) atoms. The Hall–Kier alpha value is -2.94. The molecule has 1 fully saturated rings. The first-order valence-corrected chi connectivity index (χ1v) is 9.94. The molecule has 0 spiro atoms. The minimum absolute atomic E-state index is 0.0733. The second-order valence-electron chi connectivity index (χ2n) is 7.93. The molecule has 9 heteroatoms. The smallest absolute Gasteiger partial charge is 0.249 e. The van der Waals surface area contributed by atoms with Crippen LogP contribution in [0.25, 0.3) is 11.0 Å². The van der Waals surface area contributed by atoms with Crippen molar-refractivity contribution < 1.29 is 9.18 Å². The van der Waals surface area contributed by atoms with Gasteiger partial charge in [-0.3, -0.25) is 9.69 Å². The van der Waals surface area contributed by atoms with Crippen LogP contribution in [0.5, 0.6) is 0 Å². The highest BCUT2D eigenvalue weighted by Gasteiger charge is 2.28. The van der Waals surface area contributed by atoms with E-state index in [1.165, 1.54) is 0 Å². The summed E-state index contributed by atoms with van der Waals surface area (Å²) >= 11 is 0. The van der Waals surface area contributed by atoms with Gasteiger partial charge in [-0.05, 0) is 30.7 Å². The van der Waals surface area contributed by atoms with Crippen molar-refractivity contribution in [3.8, 4) is 0 Å². The van der Waals surface area contributed by atoms with E-state index < -0.39 is 0 Å². The number of halogens is 1. The van der Waals surface area contributed by atoms with Crippen molar-refractivity contribution >= 4 is 22.6 Å². The summed E-state index contributed by atoms with van der Waals surface area (Å²) < 4.78 is 16.1. The number of allylic oxidation sites excluding steroid dienone is 1. The maximum Gasteiger partial charge on any atom is 0.249 e. The third-order valence-corrected chi connectivity index (χ3v) is 5.95. The molecule has 0 radical (unpaired) electrons. The van der Waals surface area contributed by atoms with Crippen molar-refractivity contribution in [3.63, 3.8) is 0 Å². The Bertz CT molecular complexity index is 1030. The first kappa shape index (κ1) is 18.1. The number of carbonyl (C=O) groups excluding carboxylic acids is 1. The average Bonchev–Trinajstić information content (AvgIpc) is 3.14. The van der Waals surface area contributed by atoms with E-state index in [2.05, 4.69) is 25.4 Å². The highest BCUT2D eigenvalue weighted by atomic mass is 19.1. The molecule has 5 rings (SSSR count). The number of amides is 1. The van der Waals surface area contributed by atoms with E-state index in [-0.39, 0.29) is 17.9 Å². The van der Waals surface area contributed by atoms with Crippen LogP contribution in [0, 0.1) is 0 Å². The molecule has 3 aliphatic rings. The molecular weight excluding hydrogens is 373 g/mol. The quantitative estimate of drug-likeness (QED) is 0.796. The number of piperazine rings is 1. The number of rotatable bonds is 3. The third-order valence-electron chi connectivity index (χ3n) is 5.95. The summed E-state index contributed by atoms with van der Waals surface area (Å²) in [6.07, 6.45) is 3.88. The van der Waals surface area contributed by atoms with Crippen LogP contribution in [0.15, 0.2) is 35.9 Å². The van der Waals surface area contributed by atoms with Gasteiger partial charge in [0, 0.05) is 46.3 Å². The number of nitrogens with zero attached hydrogens (tertiary/aromatic N) is 6. The van der Waals surface area contributed by atoms with E-state index in [0.717, 1.165) is 55.0 Å². The molecule has 1 saturated heterocycles. The first-order valence-electron chi connectivity index (χ1n) is 9.94. The molecule has 8 nitrogen and oxygen atoms in total. The van der Waals surface area contributed by atoms with Crippen LogP contribution in [-0.2, 0) is 11.3 Å². The zero-order valence-electron chi connectivity index (χ0n) is 16.6. The summed E-state index contributed by atoms with van der Waals surface area (Å²) in [5.74, 6) is -0.227. The van der Waals surface area contributed by atoms with Crippen molar-refractivity contribution in [2.45, 2.75) is 19.5 Å². The molecule has 4 heterocycles. The van der Waals surface area contributed by atoms with Crippen LogP contribution in [0.4, 0.5) is 10.1 Å². The van der Waals surface area contributed by atoms with Crippen LogP contribution >= 0.6 is 0 Å². The Morgan fingerprint density at radius 1 is 1.24 bits per heavy atom. The number of hydrogen-bond donors (Lipinski definition) is 1. The summed E-state index contributed by atoms with van der Waals surface area (Å²) in [4.78, 5) is 18.3. The van der Waals surface area contributed by atoms with Gasteiger partial charge < -0.3 is 15.1 Å². The molecule has 1 N–H and O–H groups in total. The van der Waals surface area contributed by atoms with E-state index in [1.807, 2.05) is 31.2 Å². The molecule has 2 aromatic rings. The van der Waals surface area contributed by atoms with E-state index in [1.54, 1.807) is 16.6 Å². The van der Waals surface area contributed by atoms with E-state index in [9.17, 15) is 9.18 Å². The Morgan fingerprint density at radius 2 is 2.03 bits per heavy atom. The summed E-state index contributed by atoms with van der Waals surface area (Å²) in [6, 6.07) is 3.70. The fraction of sp³-hybridized carbons (Fsp3) is 0.450. The van der Waals surface area contributed by atoms with Gasteiger partial charge >= 0.3 is 0 Å². The number of aromatic nitrogens is 3. The van der Waals surface area contributed by atoms with Crippen molar-refractivity contribution in [1.82, 2.24) is 29.7 Å². The predicted octanol–water partition coefficient (Wildman–Crippen LogP) is 1.70. The fourth-order valence-corrected chi connectivity index (χ4v) is 4.25. The maximum atomic E-state index is 14.4. The van der Waals surface area contributed by atoms with Crippen molar-refractivity contribution in [1.29, 1.82) is 0 Å². The molecule has 1 aromatic carbocycles. The number of nitrogens with one attached hydrogen (secondary N) is 1. The lowest BCUT2D eigenvalue weighted by Crippen LogP contribution is -2.46. The molecule has 1 amide bonds. The molecule has 0 bridgehead atoms. The van der Waals surface area contributed by atoms with Crippen molar-refractivity contribution in [2.24, 2.45) is 0 Å². The average molecular weight is 397 g/mol. The standard InChI is InChI=1S/C20H24FN7O/c1-13-20(29)22-15-10-14(11-16-18(15)28(13)24-23-16)12-26-6-8-27(9-7-26)17-4-3-5-25(2)19(17)21/h3-4,10-11,13H,5-9,12H2,1-2H3,(H,22,29)/t13-/m0/s1. The molecule has 0 aliphatic carbocycles. The van der Waals surface area contributed by atoms with Gasteiger partial charge in [0.2, 0.25) is 11.9 Å². The van der Waals surface area contributed by atoms with Crippen LogP contribution in [0.2, 0.25) is 0 Å². The SMILES string of the molecule is C[C@H]1C(=O)Nc2cc(CN3CCN(C4=C(F)N(C)CC=C4)CC3)cc3nnn1c23. The van der Waals surface area contributed by atoms with Crippen molar-refractivity contribution in [3.05, 3.63) is 41.5 Å². The zero-order chi connectivity index (χ0) is 20.1. The Labute approximate surface area is 168 Å². The van der Waals surface area contributed by atoms with E-state index in [0.29, 0.717) is 12.2 Å². The van der Waals surface area contributed by atoms with Crippen LogP contribution in [0.3, 0.4) is 0 Å². The van der Waals surface area contributed by atoms with Crippen LogP contribution in [-0.4, -0.2) is 75.4 Å². The van der Waals surface area contributed by atoms with E-state index >= 15 is 0 Å². The fourth-order valence-electron chi connectivity index (χ4n) is 4.25. The van der Waals surface area contributed by atoms with Gasteiger partial charge in [-0.25, -0.2) is 4.68 Å². The normalized spacial score (nSPS) is 22.6. The molecular formula is C20H24FN7O. The highest BCUT2D eigenvalue weighted by Crippen LogP contribution is 2.31. The van der Waals surface area contributed by atoms with Crippen LogP contribution < -0.4 is 5.32 Å². The highest BCUT2D eigenvalue weighted by molar-refractivity contribution is 6.04. The zero-order valence-corrected chi connectivity index (χ0v) is 16.6. The predicted molar refractivity (Wildman–Crippen MR) is 108 cm³/mol. The second-order valence-corrected chi connectivity index (χ2v) is 7.93. The number of benzene rings is 1. The van der Waals surface area contributed by atoms with Gasteiger partial charge in [0.1, 0.15) is 17.1 Å². The molecule has 1 aromatic heterocycles. The molecule has 0 unspecified atom stereocenters. The van der Waals surface area contributed by atoms with Gasteiger partial charge in [-0.15, -0.1) is 5.10 Å². The second kappa shape index (κ2) is 6.84. The van der Waals surface area contributed by atoms with Gasteiger partial charge in [0.05, 0.1) is 11.4 Å². The third kappa shape index (κ3) is 3.05. The Balaban J connectivity index is 1.30. The topological polar surface area (TPSA) is 69.5 Å². The van der Waals surface area contributed by atoms with Gasteiger partial charge in [0.25, 0.3) is 0 Å². The van der Waals surface area contributed by atoms with Gasteiger partial charge in [0.15, 0.2) is 0 Å². The number of hydrogen-bond acceptors (Lipinski definition) is 6. The minimum atomic E-state index is -0.353. The number of anilines is 1. The number of likely N-dealkylation sites (N-methyl/N-ethyl adjacent to an activating group) is 1. The van der Waals surface area contributed by atoms with Gasteiger partial charge in [-0.2, -0.15) is 4.39 Å². The largest absolute Gasteiger partial charge is 0.365 e. The molecule has 0 saturated carbocycles. The van der Waals surface area contributed by atoms with E-state index in [4.69, 9.17) is 0 Å². The minimum Gasteiger partial charge on any atom is -0.365 e.